The van der Waals surface area contributed by atoms with E-state index in [1.807, 2.05) is 30.3 Å². The average Bonchev–Trinajstić information content (AvgIpc) is 2.60. The maximum absolute atomic E-state index is 12.6. The second kappa shape index (κ2) is 7.04. The van der Waals surface area contributed by atoms with Crippen molar-refractivity contribution in [1.82, 2.24) is 4.98 Å². The molecule has 138 valence electrons. The maximum atomic E-state index is 12.6. The highest BCUT2D eigenvalue weighted by atomic mass is 32.2. The van der Waals surface area contributed by atoms with Gasteiger partial charge < -0.3 is 11.5 Å². The number of hydrogen-bond acceptors (Lipinski definition) is 4. The first kappa shape index (κ1) is 18.3. The number of carbonyl (C=O) groups excluding carboxylic acids is 1. The van der Waals surface area contributed by atoms with Crippen molar-refractivity contribution < 1.29 is 13.2 Å². The molecule has 0 aliphatic carbocycles. The van der Waals surface area contributed by atoms with Gasteiger partial charge in [-0.15, -0.1) is 0 Å². The molecule has 27 heavy (non-hydrogen) atoms. The molecule has 9 heteroatoms. The number of nitrogens with one attached hydrogen (secondary N) is 1. The summed E-state index contributed by atoms with van der Waals surface area (Å²) < 4.78 is 25.8. The van der Waals surface area contributed by atoms with Gasteiger partial charge in [0, 0.05) is 10.9 Å². The zero-order valence-electron chi connectivity index (χ0n) is 14.4. The summed E-state index contributed by atoms with van der Waals surface area (Å²) >= 11 is 0. The van der Waals surface area contributed by atoms with Crippen LogP contribution < -0.4 is 16.2 Å². The van der Waals surface area contributed by atoms with Gasteiger partial charge >= 0.3 is 0 Å². The van der Waals surface area contributed by atoms with Gasteiger partial charge in [-0.1, -0.05) is 36.4 Å². The number of amides is 1. The lowest BCUT2D eigenvalue weighted by atomic mass is 10.0. The molecular weight excluding hydrogens is 366 g/mol. The molecule has 1 heterocycles. The van der Waals surface area contributed by atoms with Gasteiger partial charge in [0.15, 0.2) is 5.96 Å². The van der Waals surface area contributed by atoms with Crippen LogP contribution in [0.5, 0.6) is 0 Å². The highest BCUT2D eigenvalue weighted by molar-refractivity contribution is 7.92. The summed E-state index contributed by atoms with van der Waals surface area (Å²) in [4.78, 5) is 20.8. The fraction of sp³-hybridized carbons (Fsp3) is 0.0556. The molecule has 0 radical (unpaired) electrons. The molecule has 2 aromatic carbocycles. The Hall–Kier alpha value is -3.46. The Bertz CT molecular complexity index is 1150. The molecule has 0 saturated heterocycles. The molecule has 0 bridgehead atoms. The van der Waals surface area contributed by atoms with Crippen LogP contribution in [0.2, 0.25) is 0 Å². The molecule has 1 amide bonds. The molecule has 1 aromatic heterocycles. The number of aromatic nitrogens is 1. The van der Waals surface area contributed by atoms with Gasteiger partial charge in [0.25, 0.3) is 5.91 Å². The molecule has 0 aliphatic heterocycles. The molecule has 0 saturated carbocycles. The number of sulfonamides is 1. The molecule has 3 rings (SSSR count). The van der Waals surface area contributed by atoms with Gasteiger partial charge in [0.2, 0.25) is 10.0 Å². The molecule has 3 aromatic rings. The molecule has 0 unspecified atom stereocenters. The summed E-state index contributed by atoms with van der Waals surface area (Å²) in [6.45, 7) is 0. The minimum absolute atomic E-state index is 0.138. The van der Waals surface area contributed by atoms with Gasteiger partial charge in [0.1, 0.15) is 0 Å². The monoisotopic (exact) mass is 383 g/mol. The predicted octanol–water partition coefficient (Wildman–Crippen LogP) is 1.69. The number of rotatable bonds is 4. The lowest BCUT2D eigenvalue weighted by molar-refractivity contribution is 0.100. The fourth-order valence-electron chi connectivity index (χ4n) is 2.68. The van der Waals surface area contributed by atoms with E-state index in [9.17, 15) is 13.2 Å². The summed E-state index contributed by atoms with van der Waals surface area (Å²) in [7, 11) is -3.57. The summed E-state index contributed by atoms with van der Waals surface area (Å²) in [5.41, 5.74) is 12.8. The lowest BCUT2D eigenvalue weighted by Gasteiger charge is -2.12. The van der Waals surface area contributed by atoms with Crippen molar-refractivity contribution in [3.8, 4) is 11.3 Å². The SMILES string of the molecule is CS(=O)(=O)Nc1cccc2nc(-c3ccccc3)cc(C(=O)N=C(N)N)c12. The Kier molecular flexibility index (Phi) is 4.78. The third-order valence-electron chi connectivity index (χ3n) is 3.66. The van der Waals surface area contributed by atoms with Gasteiger partial charge in [-0.25, -0.2) is 13.4 Å². The number of guanidine groups is 1. The van der Waals surface area contributed by atoms with E-state index in [1.54, 1.807) is 24.3 Å². The van der Waals surface area contributed by atoms with Crippen LogP contribution in [-0.4, -0.2) is 31.5 Å². The first-order chi connectivity index (χ1) is 12.7. The molecular formula is C18H17N5O3S. The van der Waals surface area contributed by atoms with Crippen LogP contribution >= 0.6 is 0 Å². The Morgan fingerprint density at radius 3 is 2.41 bits per heavy atom. The number of nitrogens with zero attached hydrogens (tertiary/aromatic N) is 2. The molecule has 0 aliphatic rings. The minimum atomic E-state index is -3.57. The summed E-state index contributed by atoms with van der Waals surface area (Å²) in [6.07, 6.45) is 1.02. The molecule has 0 fully saturated rings. The van der Waals surface area contributed by atoms with E-state index >= 15 is 0 Å². The van der Waals surface area contributed by atoms with Crippen LogP contribution in [0.3, 0.4) is 0 Å². The minimum Gasteiger partial charge on any atom is -0.370 e. The summed E-state index contributed by atoms with van der Waals surface area (Å²) in [5.74, 6) is -1.08. The molecule has 8 nitrogen and oxygen atoms in total. The number of carbonyl (C=O) groups is 1. The van der Waals surface area contributed by atoms with Crippen molar-refractivity contribution >= 4 is 38.5 Å². The van der Waals surface area contributed by atoms with Crippen LogP contribution in [0.15, 0.2) is 59.6 Å². The number of hydrogen-bond donors (Lipinski definition) is 3. The van der Waals surface area contributed by atoms with Crippen LogP contribution in [0.1, 0.15) is 10.4 Å². The number of anilines is 1. The number of pyridine rings is 1. The second-order valence-electron chi connectivity index (χ2n) is 5.84. The molecule has 0 atom stereocenters. The van der Waals surface area contributed by atoms with Crippen LogP contribution in [0.4, 0.5) is 5.69 Å². The smallest absolute Gasteiger partial charge is 0.281 e. The zero-order valence-corrected chi connectivity index (χ0v) is 15.2. The van der Waals surface area contributed by atoms with Crippen molar-refractivity contribution in [3.63, 3.8) is 0 Å². The number of nitrogens with two attached hydrogens (primary N) is 2. The Labute approximate surface area is 156 Å². The van der Waals surface area contributed by atoms with E-state index in [0.29, 0.717) is 16.6 Å². The summed E-state index contributed by atoms with van der Waals surface area (Å²) in [6, 6.07) is 15.7. The van der Waals surface area contributed by atoms with Crippen LogP contribution in [0.25, 0.3) is 22.2 Å². The Morgan fingerprint density at radius 2 is 1.78 bits per heavy atom. The van der Waals surface area contributed by atoms with E-state index in [0.717, 1.165) is 11.8 Å². The topological polar surface area (TPSA) is 141 Å². The molecule has 5 N–H and O–H groups in total. The van der Waals surface area contributed by atoms with Gasteiger partial charge in [-0.05, 0) is 18.2 Å². The predicted molar refractivity (Wildman–Crippen MR) is 106 cm³/mol. The van der Waals surface area contributed by atoms with E-state index in [2.05, 4.69) is 14.7 Å². The van der Waals surface area contributed by atoms with Crippen molar-refractivity contribution in [3.05, 3.63) is 60.2 Å². The van der Waals surface area contributed by atoms with Gasteiger partial charge in [-0.2, -0.15) is 4.99 Å². The largest absolute Gasteiger partial charge is 0.370 e. The average molecular weight is 383 g/mol. The second-order valence-corrected chi connectivity index (χ2v) is 7.59. The normalized spacial score (nSPS) is 11.1. The fourth-order valence-corrected chi connectivity index (χ4v) is 3.24. The van der Waals surface area contributed by atoms with E-state index in [1.165, 1.54) is 0 Å². The number of aliphatic imine (C=N–C) groups is 1. The van der Waals surface area contributed by atoms with Crippen molar-refractivity contribution in [1.29, 1.82) is 0 Å². The standard InChI is InChI=1S/C18H17N5O3S/c1-27(25,26)23-14-9-5-8-13-16(14)12(17(24)22-18(19)20)10-15(21-13)11-6-3-2-4-7-11/h2-10,23H,1H3,(H4,19,20,22,24). The van der Waals surface area contributed by atoms with E-state index in [-0.39, 0.29) is 17.2 Å². The third-order valence-corrected chi connectivity index (χ3v) is 4.25. The first-order valence-electron chi connectivity index (χ1n) is 7.85. The number of benzene rings is 2. The Balaban J connectivity index is 2.34. The van der Waals surface area contributed by atoms with Crippen molar-refractivity contribution in [2.24, 2.45) is 16.5 Å². The van der Waals surface area contributed by atoms with Crippen LogP contribution in [-0.2, 0) is 10.0 Å². The van der Waals surface area contributed by atoms with Crippen molar-refractivity contribution in [2.45, 2.75) is 0 Å². The molecule has 0 spiro atoms. The summed E-state index contributed by atoms with van der Waals surface area (Å²) in [5, 5.41) is 0.317. The highest BCUT2D eigenvalue weighted by Crippen LogP contribution is 2.31. The van der Waals surface area contributed by atoms with Crippen LogP contribution in [0, 0.1) is 0 Å². The number of fused-ring (bicyclic) bond motifs is 1. The first-order valence-corrected chi connectivity index (χ1v) is 9.75. The Morgan fingerprint density at radius 1 is 1.07 bits per heavy atom. The maximum Gasteiger partial charge on any atom is 0.281 e. The van der Waals surface area contributed by atoms with E-state index in [4.69, 9.17) is 11.5 Å². The van der Waals surface area contributed by atoms with Gasteiger partial charge in [-0.3, -0.25) is 9.52 Å². The highest BCUT2D eigenvalue weighted by Gasteiger charge is 2.18. The van der Waals surface area contributed by atoms with Crippen molar-refractivity contribution in [2.75, 3.05) is 11.0 Å². The third kappa shape index (κ3) is 4.21. The zero-order chi connectivity index (χ0) is 19.6. The van der Waals surface area contributed by atoms with Gasteiger partial charge in [0.05, 0.1) is 28.7 Å². The quantitative estimate of drug-likeness (QED) is 0.462. The lowest BCUT2D eigenvalue weighted by Crippen LogP contribution is -2.24. The van der Waals surface area contributed by atoms with E-state index < -0.39 is 15.9 Å².